The van der Waals surface area contributed by atoms with E-state index in [0.717, 1.165) is 0 Å². The number of nitrogens with two attached hydrogens (primary N) is 1. The van der Waals surface area contributed by atoms with Gasteiger partial charge in [0, 0.05) is 17.9 Å². The number of ketones is 2. The molecule has 10 nitrogen and oxygen atoms in total. The van der Waals surface area contributed by atoms with E-state index in [1.165, 1.54) is 13.2 Å². The number of hydrogen-bond donors (Lipinski definition) is 5. The molecule has 0 aromatic heterocycles. The monoisotopic (exact) mass is 505 g/mol. The molecule has 0 aliphatic heterocycles. The average molecular weight is 505 g/mol. The van der Waals surface area contributed by atoms with Crippen molar-refractivity contribution in [3.63, 3.8) is 0 Å². The Hall–Kier alpha value is -4.44. The number of carbonyl (C=O) groups is 4. The molecule has 2 aromatic rings. The van der Waals surface area contributed by atoms with Crippen molar-refractivity contribution >= 4 is 23.8 Å². The first-order chi connectivity index (χ1) is 17.5. The molecule has 0 unspecified atom stereocenters. The number of hydrogen-bond acceptors (Lipinski definition) is 9. The largest absolute Gasteiger partial charge is 0.511 e. The van der Waals surface area contributed by atoms with Crippen molar-refractivity contribution in [2.45, 2.75) is 24.9 Å². The molecule has 2 aromatic carbocycles. The highest BCUT2D eigenvalue weighted by Gasteiger charge is 2.59. The summed E-state index contributed by atoms with van der Waals surface area (Å²) in [5.41, 5.74) is 3.37. The van der Waals surface area contributed by atoms with E-state index < -0.39 is 52.0 Å². The van der Waals surface area contributed by atoms with Crippen LogP contribution >= 0.6 is 0 Å². The van der Waals surface area contributed by atoms with Crippen LogP contribution in [0.2, 0.25) is 0 Å². The summed E-state index contributed by atoms with van der Waals surface area (Å²) in [6.07, 6.45) is 0.520. The van der Waals surface area contributed by atoms with Gasteiger partial charge >= 0.3 is 0 Å². The number of Topliss-reactive ketones (excluding diaryl/α,β-unsaturated/α-hetero) is 2. The fourth-order valence-electron chi connectivity index (χ4n) is 5.88. The number of methoxy groups -OCH3 is 1. The summed E-state index contributed by atoms with van der Waals surface area (Å²) in [4.78, 5) is 50.0. The van der Waals surface area contributed by atoms with E-state index in [-0.39, 0.29) is 41.7 Å². The molecule has 5 rings (SSSR count). The minimum absolute atomic E-state index is 0.0280. The number of aliphatic hydroxyl groups is 3. The summed E-state index contributed by atoms with van der Waals surface area (Å²) in [5.74, 6) is -6.45. The maximum atomic E-state index is 13.7. The third kappa shape index (κ3) is 3.29. The summed E-state index contributed by atoms with van der Waals surface area (Å²) in [6.45, 7) is 0. The van der Waals surface area contributed by atoms with Gasteiger partial charge in [-0.05, 0) is 53.6 Å². The van der Waals surface area contributed by atoms with Crippen LogP contribution in [0.1, 0.15) is 39.1 Å². The first kappa shape index (κ1) is 24.3. The van der Waals surface area contributed by atoms with Crippen LogP contribution in [-0.2, 0) is 16.0 Å². The molecule has 0 saturated carbocycles. The Morgan fingerprint density at radius 1 is 1.14 bits per heavy atom. The fourth-order valence-corrected chi connectivity index (χ4v) is 5.88. The molecule has 10 heteroatoms. The smallest absolute Gasteiger partial charge is 0.255 e. The number of carbonyl (C=O) groups excluding carboxylic acids is 4. The van der Waals surface area contributed by atoms with Crippen LogP contribution in [0.4, 0.5) is 0 Å². The van der Waals surface area contributed by atoms with Crippen molar-refractivity contribution in [1.29, 1.82) is 0 Å². The van der Waals surface area contributed by atoms with Crippen molar-refractivity contribution in [2.24, 2.45) is 17.6 Å². The Labute approximate surface area is 210 Å². The molecule has 0 fully saturated rings. The number of rotatable bonds is 4. The van der Waals surface area contributed by atoms with Gasteiger partial charge in [-0.1, -0.05) is 12.1 Å². The van der Waals surface area contributed by atoms with Gasteiger partial charge in [0.2, 0.25) is 5.78 Å². The lowest BCUT2D eigenvalue weighted by atomic mass is 9.60. The zero-order chi connectivity index (χ0) is 26.8. The summed E-state index contributed by atoms with van der Waals surface area (Å²) in [6, 6.07) is 7.84. The molecule has 0 bridgehead atoms. The van der Waals surface area contributed by atoms with Gasteiger partial charge in [-0.25, -0.2) is 0 Å². The van der Waals surface area contributed by atoms with Crippen LogP contribution < -0.4 is 10.5 Å². The molecule has 0 spiro atoms. The molecule has 0 heterocycles. The number of ether oxygens (including phenoxy) is 1. The summed E-state index contributed by atoms with van der Waals surface area (Å²) >= 11 is 0. The Morgan fingerprint density at radius 3 is 2.51 bits per heavy atom. The summed E-state index contributed by atoms with van der Waals surface area (Å²) in [7, 11) is 1.43. The van der Waals surface area contributed by atoms with Crippen LogP contribution in [0.5, 0.6) is 11.5 Å². The minimum Gasteiger partial charge on any atom is -0.511 e. The summed E-state index contributed by atoms with van der Waals surface area (Å²) in [5, 5.41) is 43.3. The molecule has 3 aliphatic rings. The van der Waals surface area contributed by atoms with Crippen LogP contribution in [0.3, 0.4) is 0 Å². The van der Waals surface area contributed by atoms with Gasteiger partial charge in [0.15, 0.2) is 17.7 Å². The highest BCUT2D eigenvalue weighted by atomic mass is 16.5. The molecule has 3 atom stereocenters. The SMILES string of the molecule is COc1ccc(-c2ccc(O)c3c2C[C@H]2C[C@H]4CC(O)=C(C(N)=O)C(=O)[C@@]4(O)C(O)=C2C3=O)cc1C=O. The number of aliphatic hydroxyl groups excluding tert-OH is 2. The highest BCUT2D eigenvalue weighted by Crippen LogP contribution is 2.52. The van der Waals surface area contributed by atoms with Crippen LogP contribution in [0, 0.1) is 11.8 Å². The van der Waals surface area contributed by atoms with E-state index in [9.17, 15) is 39.6 Å². The third-order valence-electron chi connectivity index (χ3n) is 7.61. The lowest BCUT2D eigenvalue weighted by molar-refractivity contribution is -0.144. The second-order valence-electron chi connectivity index (χ2n) is 9.47. The van der Waals surface area contributed by atoms with E-state index in [1.54, 1.807) is 24.3 Å². The molecule has 3 aliphatic carbocycles. The van der Waals surface area contributed by atoms with Gasteiger partial charge in [-0.2, -0.15) is 0 Å². The van der Waals surface area contributed by atoms with Gasteiger partial charge in [-0.15, -0.1) is 0 Å². The quantitative estimate of drug-likeness (QED) is 0.306. The number of primary amides is 1. The molecule has 37 heavy (non-hydrogen) atoms. The molecule has 6 N–H and O–H groups in total. The van der Waals surface area contributed by atoms with Crippen molar-refractivity contribution in [3.05, 3.63) is 69.7 Å². The molecule has 0 radical (unpaired) electrons. The number of benzene rings is 2. The number of allylic oxidation sites excluding steroid dienone is 2. The molecule has 190 valence electrons. The maximum Gasteiger partial charge on any atom is 0.255 e. The van der Waals surface area contributed by atoms with Crippen LogP contribution in [0.25, 0.3) is 11.1 Å². The fraction of sp³-hybridized carbons (Fsp3) is 0.259. The van der Waals surface area contributed by atoms with Gasteiger partial charge < -0.3 is 30.9 Å². The topological polar surface area (TPSA) is 184 Å². The third-order valence-corrected chi connectivity index (χ3v) is 7.61. The van der Waals surface area contributed by atoms with Crippen molar-refractivity contribution in [1.82, 2.24) is 0 Å². The van der Waals surface area contributed by atoms with Gasteiger partial charge in [0.1, 0.15) is 28.6 Å². The van der Waals surface area contributed by atoms with Crippen LogP contribution in [0.15, 0.2) is 53.0 Å². The first-order valence-electron chi connectivity index (χ1n) is 11.5. The second kappa shape index (κ2) is 8.31. The van der Waals surface area contributed by atoms with E-state index in [0.29, 0.717) is 28.7 Å². The Morgan fingerprint density at radius 2 is 1.86 bits per heavy atom. The van der Waals surface area contributed by atoms with Gasteiger partial charge in [-0.3, -0.25) is 19.2 Å². The van der Waals surface area contributed by atoms with E-state index >= 15 is 0 Å². The second-order valence-corrected chi connectivity index (χ2v) is 9.47. The van der Waals surface area contributed by atoms with E-state index in [1.807, 2.05) is 0 Å². The standard InChI is InChI=1S/C27H23NO9/c1-37-19-5-2-11(6-13(19)10-29)15-3-4-17(30)21-16(15)8-12-7-14-9-18(31)22(26(28)35)25(34)27(14,36)24(33)20(12)23(21)32/h2-6,10,12,14,30-31,33,36H,7-9H2,1H3,(H2,28,35)/t12-,14+,27+/m1/s1. The van der Waals surface area contributed by atoms with Gasteiger partial charge in [0.25, 0.3) is 5.91 Å². The van der Waals surface area contributed by atoms with E-state index in [4.69, 9.17) is 10.5 Å². The minimum atomic E-state index is -2.61. The van der Waals surface area contributed by atoms with Gasteiger partial charge in [0.05, 0.1) is 18.2 Å². The average Bonchev–Trinajstić information content (AvgIpc) is 2.85. The van der Waals surface area contributed by atoms with E-state index in [2.05, 4.69) is 0 Å². The molecule has 1 amide bonds. The number of aldehydes is 1. The lowest BCUT2D eigenvalue weighted by Crippen LogP contribution is -2.57. The number of phenols is 1. The lowest BCUT2D eigenvalue weighted by Gasteiger charge is -2.45. The van der Waals surface area contributed by atoms with Crippen molar-refractivity contribution in [2.75, 3.05) is 7.11 Å². The normalized spacial score (nSPS) is 24.8. The Bertz CT molecular complexity index is 1480. The number of phenolic OH excluding ortho intramolecular Hbond substituents is 1. The number of amides is 1. The maximum absolute atomic E-state index is 13.7. The first-order valence-corrected chi connectivity index (χ1v) is 11.5. The Kier molecular flexibility index (Phi) is 5.45. The number of aromatic hydroxyl groups is 1. The number of fused-ring (bicyclic) bond motifs is 3. The van der Waals surface area contributed by atoms with Crippen molar-refractivity contribution < 1.29 is 44.3 Å². The van der Waals surface area contributed by atoms with Crippen molar-refractivity contribution in [3.8, 4) is 22.6 Å². The summed E-state index contributed by atoms with van der Waals surface area (Å²) < 4.78 is 5.19. The zero-order valence-corrected chi connectivity index (χ0v) is 19.6. The Balaban J connectivity index is 1.67. The highest BCUT2D eigenvalue weighted by molar-refractivity contribution is 6.24. The predicted octanol–water partition coefficient (Wildman–Crippen LogP) is 2.07. The zero-order valence-electron chi connectivity index (χ0n) is 19.6. The molecular formula is C27H23NO9. The molecular weight excluding hydrogens is 482 g/mol. The molecule has 0 saturated heterocycles. The predicted molar refractivity (Wildman–Crippen MR) is 128 cm³/mol. The van der Waals surface area contributed by atoms with Crippen LogP contribution in [-0.4, -0.2) is 56.9 Å².